The quantitative estimate of drug-likeness (QED) is 0.905. The second-order valence-electron chi connectivity index (χ2n) is 5.60. The van der Waals surface area contributed by atoms with Gasteiger partial charge in [-0.2, -0.15) is 0 Å². The molecule has 1 aromatic rings. The number of hydrogen-bond acceptors (Lipinski definition) is 2. The van der Waals surface area contributed by atoms with Crippen molar-refractivity contribution in [2.45, 2.75) is 33.1 Å². The highest BCUT2D eigenvalue weighted by Gasteiger charge is 2.22. The molecule has 0 saturated carbocycles. The molecule has 1 aliphatic heterocycles. The van der Waals surface area contributed by atoms with E-state index in [1.807, 2.05) is 11.0 Å². The minimum absolute atomic E-state index is 0.208. The van der Waals surface area contributed by atoms with Gasteiger partial charge in [0, 0.05) is 19.7 Å². The van der Waals surface area contributed by atoms with Crippen LogP contribution in [-0.4, -0.2) is 35.6 Å². The summed E-state index contributed by atoms with van der Waals surface area (Å²) in [6, 6.07) is 6.23. The third kappa shape index (κ3) is 3.57. The van der Waals surface area contributed by atoms with Crippen LogP contribution in [0.1, 0.15) is 29.5 Å². The van der Waals surface area contributed by atoms with Crippen LogP contribution in [0.2, 0.25) is 0 Å². The Balaban J connectivity index is 1.92. The second kappa shape index (κ2) is 6.20. The third-order valence-corrected chi connectivity index (χ3v) is 4.15. The van der Waals surface area contributed by atoms with Gasteiger partial charge in [-0.1, -0.05) is 18.2 Å². The summed E-state index contributed by atoms with van der Waals surface area (Å²) in [7, 11) is 0. The minimum Gasteiger partial charge on any atom is -0.396 e. The lowest BCUT2D eigenvalue weighted by Crippen LogP contribution is -2.40. The van der Waals surface area contributed by atoms with Gasteiger partial charge in [0.25, 0.3) is 0 Å². The topological polar surface area (TPSA) is 40.5 Å². The van der Waals surface area contributed by atoms with Crippen molar-refractivity contribution in [1.29, 1.82) is 0 Å². The third-order valence-electron chi connectivity index (χ3n) is 4.15. The van der Waals surface area contributed by atoms with Crippen molar-refractivity contribution in [1.82, 2.24) is 4.90 Å². The Morgan fingerprint density at radius 2 is 1.95 bits per heavy atom. The number of rotatable bonds is 3. The lowest BCUT2D eigenvalue weighted by molar-refractivity contribution is -0.132. The molecule has 0 spiro atoms. The molecule has 1 saturated heterocycles. The number of piperidine rings is 1. The molecule has 0 bridgehead atoms. The molecule has 104 valence electrons. The lowest BCUT2D eigenvalue weighted by atomic mass is 9.97. The van der Waals surface area contributed by atoms with Crippen molar-refractivity contribution in [3.8, 4) is 0 Å². The fourth-order valence-corrected chi connectivity index (χ4v) is 2.56. The first-order valence-electron chi connectivity index (χ1n) is 7.05. The van der Waals surface area contributed by atoms with E-state index >= 15 is 0 Å². The molecule has 1 amide bonds. The Morgan fingerprint density at radius 3 is 2.53 bits per heavy atom. The number of likely N-dealkylation sites (tertiary alicyclic amines) is 1. The van der Waals surface area contributed by atoms with Gasteiger partial charge in [-0.05, 0) is 49.3 Å². The van der Waals surface area contributed by atoms with Gasteiger partial charge in [-0.3, -0.25) is 4.79 Å². The highest BCUT2D eigenvalue weighted by molar-refractivity contribution is 5.79. The highest BCUT2D eigenvalue weighted by Crippen LogP contribution is 2.18. The first kappa shape index (κ1) is 14.1. The van der Waals surface area contributed by atoms with E-state index < -0.39 is 0 Å². The second-order valence-corrected chi connectivity index (χ2v) is 5.60. The minimum atomic E-state index is 0.208. The molecule has 1 fully saturated rings. The summed E-state index contributed by atoms with van der Waals surface area (Å²) >= 11 is 0. The molecular weight excluding hydrogens is 238 g/mol. The molecule has 3 heteroatoms. The monoisotopic (exact) mass is 261 g/mol. The van der Waals surface area contributed by atoms with E-state index in [4.69, 9.17) is 5.11 Å². The fourth-order valence-electron chi connectivity index (χ4n) is 2.56. The number of benzene rings is 1. The number of carbonyl (C=O) groups excluding carboxylic acids is 1. The number of aliphatic hydroxyl groups excluding tert-OH is 1. The van der Waals surface area contributed by atoms with Crippen molar-refractivity contribution < 1.29 is 9.90 Å². The molecule has 0 unspecified atom stereocenters. The summed E-state index contributed by atoms with van der Waals surface area (Å²) in [4.78, 5) is 14.2. The van der Waals surface area contributed by atoms with Gasteiger partial charge in [-0.25, -0.2) is 0 Å². The van der Waals surface area contributed by atoms with Gasteiger partial charge in [0.2, 0.25) is 5.91 Å². The lowest BCUT2D eigenvalue weighted by Gasteiger charge is -2.31. The van der Waals surface area contributed by atoms with Gasteiger partial charge >= 0.3 is 0 Å². The van der Waals surface area contributed by atoms with Crippen LogP contribution >= 0.6 is 0 Å². The van der Waals surface area contributed by atoms with E-state index in [9.17, 15) is 4.79 Å². The van der Waals surface area contributed by atoms with E-state index in [1.165, 1.54) is 11.1 Å². The molecule has 1 aliphatic rings. The Kier molecular flexibility index (Phi) is 4.59. The zero-order valence-electron chi connectivity index (χ0n) is 11.9. The van der Waals surface area contributed by atoms with Crippen molar-refractivity contribution in [2.24, 2.45) is 5.92 Å². The first-order valence-corrected chi connectivity index (χ1v) is 7.05. The average Bonchev–Trinajstić information content (AvgIpc) is 2.43. The van der Waals surface area contributed by atoms with Crippen LogP contribution in [0.25, 0.3) is 0 Å². The summed E-state index contributed by atoms with van der Waals surface area (Å²) in [5.74, 6) is 0.588. The predicted molar refractivity (Wildman–Crippen MR) is 76.0 cm³/mol. The van der Waals surface area contributed by atoms with Gasteiger partial charge < -0.3 is 10.0 Å². The summed E-state index contributed by atoms with van der Waals surface area (Å²) in [5, 5.41) is 9.10. The molecule has 1 N–H and O–H groups in total. The number of nitrogens with zero attached hydrogens (tertiary/aromatic N) is 1. The molecule has 1 heterocycles. The maximum Gasteiger partial charge on any atom is 0.226 e. The maximum absolute atomic E-state index is 12.2. The molecule has 19 heavy (non-hydrogen) atoms. The number of aliphatic hydroxyl groups is 1. The van der Waals surface area contributed by atoms with Crippen molar-refractivity contribution in [3.05, 3.63) is 34.9 Å². The average molecular weight is 261 g/mol. The van der Waals surface area contributed by atoms with Crippen LogP contribution in [0.3, 0.4) is 0 Å². The molecule has 0 aromatic heterocycles. The van der Waals surface area contributed by atoms with E-state index in [2.05, 4.69) is 26.0 Å². The molecule has 1 aromatic carbocycles. The number of hydrogen-bond donors (Lipinski definition) is 1. The standard InChI is InChI=1S/C16H23NO2/c1-12-3-4-15(9-13(12)2)10-16(19)17-7-5-14(11-18)6-8-17/h3-4,9,14,18H,5-8,10-11H2,1-2H3. The summed E-state index contributed by atoms with van der Waals surface area (Å²) in [6.07, 6.45) is 2.34. The molecule has 3 nitrogen and oxygen atoms in total. The van der Waals surface area contributed by atoms with Crippen molar-refractivity contribution in [3.63, 3.8) is 0 Å². The normalized spacial score (nSPS) is 16.7. The molecule has 2 rings (SSSR count). The SMILES string of the molecule is Cc1ccc(CC(=O)N2CCC(CO)CC2)cc1C. The predicted octanol–water partition coefficient (Wildman–Crippen LogP) is 2.08. The van der Waals surface area contributed by atoms with Crippen LogP contribution in [0.15, 0.2) is 18.2 Å². The maximum atomic E-state index is 12.2. The van der Waals surface area contributed by atoms with Gasteiger partial charge in [0.15, 0.2) is 0 Å². The Bertz CT molecular complexity index is 448. The van der Waals surface area contributed by atoms with Crippen LogP contribution in [0, 0.1) is 19.8 Å². The highest BCUT2D eigenvalue weighted by atomic mass is 16.3. The molecule has 0 radical (unpaired) electrons. The number of amides is 1. The fraction of sp³-hybridized carbons (Fsp3) is 0.562. The molecule has 0 aliphatic carbocycles. The van der Waals surface area contributed by atoms with E-state index in [0.717, 1.165) is 31.5 Å². The van der Waals surface area contributed by atoms with Gasteiger partial charge in [0.1, 0.15) is 0 Å². The Labute approximate surface area is 115 Å². The van der Waals surface area contributed by atoms with E-state index in [-0.39, 0.29) is 12.5 Å². The largest absolute Gasteiger partial charge is 0.396 e. The van der Waals surface area contributed by atoms with Crippen molar-refractivity contribution >= 4 is 5.91 Å². The number of carbonyl (C=O) groups is 1. The van der Waals surface area contributed by atoms with Crippen molar-refractivity contribution in [2.75, 3.05) is 19.7 Å². The van der Waals surface area contributed by atoms with Gasteiger partial charge in [0.05, 0.1) is 6.42 Å². The zero-order valence-corrected chi connectivity index (χ0v) is 11.9. The molecular formula is C16H23NO2. The summed E-state index contributed by atoms with van der Waals surface area (Å²) in [6.45, 7) is 5.99. The summed E-state index contributed by atoms with van der Waals surface area (Å²) in [5.41, 5.74) is 3.60. The zero-order chi connectivity index (χ0) is 13.8. The van der Waals surface area contributed by atoms with Crippen LogP contribution < -0.4 is 0 Å². The van der Waals surface area contributed by atoms with Crippen LogP contribution in [0.4, 0.5) is 0 Å². The van der Waals surface area contributed by atoms with Crippen LogP contribution in [-0.2, 0) is 11.2 Å². The summed E-state index contributed by atoms with van der Waals surface area (Å²) < 4.78 is 0. The Morgan fingerprint density at radius 1 is 1.26 bits per heavy atom. The number of aryl methyl sites for hydroxylation is 2. The van der Waals surface area contributed by atoms with E-state index in [0.29, 0.717) is 12.3 Å². The van der Waals surface area contributed by atoms with Gasteiger partial charge in [-0.15, -0.1) is 0 Å². The van der Waals surface area contributed by atoms with Crippen LogP contribution in [0.5, 0.6) is 0 Å². The Hall–Kier alpha value is -1.35. The smallest absolute Gasteiger partial charge is 0.226 e. The molecule has 0 atom stereocenters. The van der Waals surface area contributed by atoms with E-state index in [1.54, 1.807) is 0 Å². The first-order chi connectivity index (χ1) is 9.10.